The zero-order valence-corrected chi connectivity index (χ0v) is 12.2. The Morgan fingerprint density at radius 1 is 1.32 bits per heavy atom. The third-order valence-electron chi connectivity index (χ3n) is 2.83. The summed E-state index contributed by atoms with van der Waals surface area (Å²) in [5, 5.41) is 12.8. The Bertz CT molecular complexity index is 552. The lowest BCUT2D eigenvalue weighted by Gasteiger charge is -2.22. The van der Waals surface area contributed by atoms with Crippen LogP contribution < -0.4 is 10.6 Å². The van der Waals surface area contributed by atoms with Crippen LogP contribution in [0.15, 0.2) is 12.1 Å². The normalized spacial score (nSPS) is 12.0. The first kappa shape index (κ1) is 15.4. The van der Waals surface area contributed by atoms with Crippen LogP contribution >= 0.6 is 0 Å². The van der Waals surface area contributed by atoms with Gasteiger partial charge in [0.1, 0.15) is 5.82 Å². The van der Waals surface area contributed by atoms with E-state index in [9.17, 15) is 13.2 Å². The van der Waals surface area contributed by atoms with Crippen molar-refractivity contribution in [1.29, 1.82) is 0 Å². The van der Waals surface area contributed by atoms with Crippen LogP contribution in [0.1, 0.15) is 24.3 Å². The van der Waals surface area contributed by atoms with Crippen molar-refractivity contribution in [2.75, 3.05) is 25.2 Å². The van der Waals surface area contributed by atoms with E-state index >= 15 is 0 Å². The van der Waals surface area contributed by atoms with E-state index in [2.05, 4.69) is 20.8 Å². The highest BCUT2D eigenvalue weighted by atomic mass is 32.2. The molecule has 0 unspecified atom stereocenters. The van der Waals surface area contributed by atoms with Crippen LogP contribution in [-0.2, 0) is 9.84 Å². The van der Waals surface area contributed by atoms with Crippen molar-refractivity contribution in [3.63, 3.8) is 0 Å². The van der Waals surface area contributed by atoms with Gasteiger partial charge in [0.05, 0.1) is 4.75 Å². The molecule has 2 N–H and O–H groups in total. The molecule has 0 saturated heterocycles. The van der Waals surface area contributed by atoms with Crippen molar-refractivity contribution in [1.82, 2.24) is 15.5 Å². The van der Waals surface area contributed by atoms with Crippen molar-refractivity contribution in [3.8, 4) is 0 Å². The molecule has 0 aliphatic heterocycles. The lowest BCUT2D eigenvalue weighted by Crippen LogP contribution is -2.43. The van der Waals surface area contributed by atoms with Gasteiger partial charge in [-0.1, -0.05) is 0 Å². The van der Waals surface area contributed by atoms with E-state index in [1.165, 1.54) is 6.07 Å². The van der Waals surface area contributed by atoms with Gasteiger partial charge in [-0.15, -0.1) is 10.2 Å². The molecule has 7 nitrogen and oxygen atoms in total. The summed E-state index contributed by atoms with van der Waals surface area (Å²) in [6, 6.07) is 3.13. The highest BCUT2D eigenvalue weighted by molar-refractivity contribution is 7.92. The molecule has 0 aliphatic carbocycles. The molecule has 0 radical (unpaired) electrons. The van der Waals surface area contributed by atoms with Crippen molar-refractivity contribution >= 4 is 21.6 Å². The largest absolute Gasteiger partial charge is 0.372 e. The van der Waals surface area contributed by atoms with E-state index in [0.717, 1.165) is 6.26 Å². The second-order valence-corrected chi connectivity index (χ2v) is 7.42. The molecule has 0 aromatic carbocycles. The second-order valence-electron chi connectivity index (χ2n) is 4.77. The summed E-state index contributed by atoms with van der Waals surface area (Å²) in [7, 11) is -1.56. The Kier molecular flexibility index (Phi) is 4.46. The van der Waals surface area contributed by atoms with Crippen LogP contribution in [-0.4, -0.2) is 49.1 Å². The topological polar surface area (TPSA) is 101 Å². The fraction of sp³-hybridized carbons (Fsp3) is 0.545. The first-order chi connectivity index (χ1) is 8.67. The molecule has 19 heavy (non-hydrogen) atoms. The highest BCUT2D eigenvalue weighted by Gasteiger charge is 2.30. The Morgan fingerprint density at radius 3 is 2.37 bits per heavy atom. The van der Waals surface area contributed by atoms with E-state index in [1.807, 2.05) is 0 Å². The van der Waals surface area contributed by atoms with Crippen LogP contribution in [0.25, 0.3) is 0 Å². The molecule has 0 saturated carbocycles. The van der Waals surface area contributed by atoms with E-state index < -0.39 is 20.5 Å². The number of aromatic nitrogens is 2. The summed E-state index contributed by atoms with van der Waals surface area (Å²) in [6.07, 6.45) is 1.14. The van der Waals surface area contributed by atoms with Gasteiger partial charge in [0.25, 0.3) is 5.91 Å². The summed E-state index contributed by atoms with van der Waals surface area (Å²) < 4.78 is 22.0. The Morgan fingerprint density at radius 2 is 1.95 bits per heavy atom. The van der Waals surface area contributed by atoms with Gasteiger partial charge in [0.15, 0.2) is 15.5 Å². The number of nitrogens with one attached hydrogen (secondary N) is 2. The predicted molar refractivity (Wildman–Crippen MR) is 72.8 cm³/mol. The van der Waals surface area contributed by atoms with Crippen molar-refractivity contribution < 1.29 is 13.2 Å². The first-order valence-electron chi connectivity index (χ1n) is 5.66. The summed E-state index contributed by atoms with van der Waals surface area (Å²) in [5.74, 6) is 0.0971. The molecule has 0 atom stereocenters. The number of rotatable bonds is 5. The summed E-state index contributed by atoms with van der Waals surface area (Å²) >= 11 is 0. The molecule has 8 heteroatoms. The summed E-state index contributed by atoms with van der Waals surface area (Å²) in [5.41, 5.74) is 0.142. The van der Waals surface area contributed by atoms with Crippen LogP contribution in [0, 0.1) is 0 Å². The fourth-order valence-electron chi connectivity index (χ4n) is 1.10. The molecule has 0 fully saturated rings. The molecule has 106 valence electrons. The summed E-state index contributed by atoms with van der Waals surface area (Å²) in [4.78, 5) is 11.8. The minimum atomic E-state index is -3.25. The maximum atomic E-state index is 11.8. The zero-order valence-electron chi connectivity index (χ0n) is 11.4. The molecular formula is C11H18N4O3S. The number of carbonyl (C=O) groups is 1. The molecule has 1 amide bonds. The number of anilines is 1. The molecule has 1 aromatic heterocycles. The number of carbonyl (C=O) groups excluding carboxylic acids is 1. The number of sulfone groups is 1. The number of hydrogen-bond donors (Lipinski definition) is 2. The third kappa shape index (κ3) is 3.88. The summed E-state index contributed by atoms with van der Waals surface area (Å²) in [6.45, 7) is 3.12. The third-order valence-corrected chi connectivity index (χ3v) is 4.98. The lowest BCUT2D eigenvalue weighted by molar-refractivity contribution is 0.0944. The van der Waals surface area contributed by atoms with Crippen LogP contribution in [0.2, 0.25) is 0 Å². The van der Waals surface area contributed by atoms with Gasteiger partial charge < -0.3 is 10.6 Å². The Hall–Kier alpha value is -1.70. The molecule has 1 heterocycles. The van der Waals surface area contributed by atoms with Gasteiger partial charge in [0.2, 0.25) is 0 Å². The molecular weight excluding hydrogens is 268 g/mol. The van der Waals surface area contributed by atoms with Crippen molar-refractivity contribution in [3.05, 3.63) is 17.8 Å². The van der Waals surface area contributed by atoms with Gasteiger partial charge in [-0.3, -0.25) is 4.79 Å². The predicted octanol–water partition coefficient (Wildman–Crippen LogP) is 0.0713. The number of amides is 1. The highest BCUT2D eigenvalue weighted by Crippen LogP contribution is 2.13. The minimum absolute atomic E-state index is 0.0140. The molecule has 1 rings (SSSR count). The van der Waals surface area contributed by atoms with Crippen molar-refractivity contribution in [2.24, 2.45) is 0 Å². The molecule has 0 spiro atoms. The fourth-order valence-corrected chi connectivity index (χ4v) is 1.44. The van der Waals surface area contributed by atoms with E-state index in [1.54, 1.807) is 27.0 Å². The van der Waals surface area contributed by atoms with Crippen LogP contribution in [0.4, 0.5) is 5.82 Å². The van der Waals surface area contributed by atoms with Crippen molar-refractivity contribution in [2.45, 2.75) is 18.6 Å². The second kappa shape index (κ2) is 5.52. The van der Waals surface area contributed by atoms with Crippen LogP contribution in [0.5, 0.6) is 0 Å². The first-order valence-corrected chi connectivity index (χ1v) is 7.56. The van der Waals surface area contributed by atoms with Crippen LogP contribution in [0.3, 0.4) is 0 Å². The van der Waals surface area contributed by atoms with E-state index in [0.29, 0.717) is 5.82 Å². The van der Waals surface area contributed by atoms with Gasteiger partial charge in [-0.2, -0.15) is 0 Å². The lowest BCUT2D eigenvalue weighted by atomic mass is 10.2. The Labute approximate surface area is 112 Å². The van der Waals surface area contributed by atoms with Gasteiger partial charge in [-0.05, 0) is 26.0 Å². The number of nitrogens with zero attached hydrogens (tertiary/aromatic N) is 2. The Balaban J connectivity index is 2.70. The average molecular weight is 286 g/mol. The average Bonchev–Trinajstić information content (AvgIpc) is 2.35. The van der Waals surface area contributed by atoms with E-state index in [4.69, 9.17) is 0 Å². The van der Waals surface area contributed by atoms with E-state index in [-0.39, 0.29) is 12.2 Å². The SMILES string of the molecule is CNc1ccc(C(=O)NCC(C)(C)S(C)(=O)=O)nn1. The molecule has 0 aliphatic rings. The zero-order chi connectivity index (χ0) is 14.7. The maximum absolute atomic E-state index is 11.8. The van der Waals surface area contributed by atoms with Gasteiger partial charge in [-0.25, -0.2) is 8.42 Å². The monoisotopic (exact) mass is 286 g/mol. The minimum Gasteiger partial charge on any atom is -0.372 e. The maximum Gasteiger partial charge on any atom is 0.271 e. The molecule has 1 aromatic rings. The standard InChI is InChI=1S/C11H18N4O3S/c1-11(2,19(4,17)18)7-13-10(16)8-5-6-9(12-3)15-14-8/h5-6H,7H2,1-4H3,(H,12,15)(H,13,16). The van der Waals surface area contributed by atoms with Gasteiger partial charge >= 0.3 is 0 Å². The quantitative estimate of drug-likeness (QED) is 0.794. The smallest absolute Gasteiger partial charge is 0.271 e. The number of hydrogen-bond acceptors (Lipinski definition) is 6. The van der Waals surface area contributed by atoms with Gasteiger partial charge in [0, 0.05) is 19.8 Å². The molecule has 0 bridgehead atoms.